The molecule has 4 nitrogen and oxygen atoms in total. The average molecular weight is 499 g/mol. The third-order valence-electron chi connectivity index (χ3n) is 3.01. The molecule has 1 aromatic carbocycles. The molecule has 0 unspecified atom stereocenters. The molecule has 2 N–H and O–H groups in total. The van der Waals surface area contributed by atoms with Crippen molar-refractivity contribution in [2.24, 2.45) is 4.99 Å². The van der Waals surface area contributed by atoms with E-state index >= 15 is 0 Å². The first-order valence-corrected chi connectivity index (χ1v) is 9.02. The van der Waals surface area contributed by atoms with Crippen LogP contribution in [0.2, 0.25) is 10.0 Å². The van der Waals surface area contributed by atoms with Gasteiger partial charge in [0.05, 0.1) is 6.54 Å². The van der Waals surface area contributed by atoms with Gasteiger partial charge in [-0.1, -0.05) is 23.2 Å². The van der Waals surface area contributed by atoms with Crippen LogP contribution in [-0.4, -0.2) is 24.0 Å². The van der Waals surface area contributed by atoms with Crippen LogP contribution >= 0.6 is 58.5 Å². The lowest BCUT2D eigenvalue weighted by atomic mass is 10.1. The van der Waals surface area contributed by atoms with Gasteiger partial charge in [-0.25, -0.2) is 9.98 Å². The van der Waals surface area contributed by atoms with Crippen LogP contribution in [0.25, 0.3) is 0 Å². The Labute approximate surface area is 174 Å². The fourth-order valence-corrected chi connectivity index (χ4v) is 3.33. The summed E-state index contributed by atoms with van der Waals surface area (Å²) in [7, 11) is 0. The fourth-order valence-electron chi connectivity index (χ4n) is 2.04. The summed E-state index contributed by atoms with van der Waals surface area (Å²) in [6.45, 7) is 6.23. The van der Waals surface area contributed by atoms with Crippen molar-refractivity contribution < 1.29 is 0 Å². The van der Waals surface area contributed by atoms with Crippen molar-refractivity contribution in [3.63, 3.8) is 0 Å². The molecule has 0 spiro atoms. The maximum Gasteiger partial charge on any atom is 0.191 e. The van der Waals surface area contributed by atoms with E-state index < -0.39 is 0 Å². The van der Waals surface area contributed by atoms with Gasteiger partial charge < -0.3 is 10.6 Å². The Morgan fingerprint density at radius 3 is 2.50 bits per heavy atom. The van der Waals surface area contributed by atoms with Gasteiger partial charge in [-0.3, -0.25) is 0 Å². The summed E-state index contributed by atoms with van der Waals surface area (Å²) in [5.41, 5.74) is 1.10. The van der Waals surface area contributed by atoms with Crippen LogP contribution in [0.4, 0.5) is 0 Å². The molecule has 0 amide bonds. The molecule has 0 fully saturated rings. The summed E-state index contributed by atoms with van der Waals surface area (Å²) in [5, 5.41) is 8.88. The molecule has 1 heterocycles. The maximum absolute atomic E-state index is 6.01. The lowest BCUT2D eigenvalue weighted by molar-refractivity contribution is 0.799. The predicted octanol–water partition coefficient (Wildman–Crippen LogP) is 4.67. The number of guanidine groups is 1. The Balaban J connectivity index is 0.00000288. The zero-order valence-electron chi connectivity index (χ0n) is 13.6. The SMILES string of the molecule is CCNC(=NCc1ncc(C)s1)NCCc1cc(Cl)cc(Cl)c1.I. The minimum absolute atomic E-state index is 0. The zero-order valence-corrected chi connectivity index (χ0v) is 18.3. The van der Waals surface area contributed by atoms with Gasteiger partial charge >= 0.3 is 0 Å². The lowest BCUT2D eigenvalue weighted by Crippen LogP contribution is -2.38. The number of hydrogen-bond donors (Lipinski definition) is 2. The third kappa shape index (κ3) is 7.55. The smallest absolute Gasteiger partial charge is 0.191 e. The molecule has 2 aromatic rings. The Hall–Kier alpha value is -0.570. The molecule has 0 atom stereocenters. The quantitative estimate of drug-likeness (QED) is 0.345. The Morgan fingerprint density at radius 1 is 1.21 bits per heavy atom. The largest absolute Gasteiger partial charge is 0.357 e. The minimum atomic E-state index is 0. The van der Waals surface area contributed by atoms with E-state index in [1.807, 2.05) is 32.2 Å². The van der Waals surface area contributed by atoms with Gasteiger partial charge in [-0.2, -0.15) is 0 Å². The normalized spacial score (nSPS) is 11.1. The van der Waals surface area contributed by atoms with Crippen LogP contribution < -0.4 is 10.6 Å². The van der Waals surface area contributed by atoms with E-state index in [0.717, 1.165) is 36.0 Å². The second-order valence-corrected chi connectivity index (χ2v) is 7.21. The highest BCUT2D eigenvalue weighted by Crippen LogP contribution is 2.19. The van der Waals surface area contributed by atoms with Crippen LogP contribution in [-0.2, 0) is 13.0 Å². The number of rotatable bonds is 6. The van der Waals surface area contributed by atoms with Crippen LogP contribution in [0.15, 0.2) is 29.4 Å². The van der Waals surface area contributed by atoms with Gasteiger partial charge in [0.15, 0.2) is 5.96 Å². The Morgan fingerprint density at radius 2 is 1.92 bits per heavy atom. The number of nitrogens with zero attached hydrogens (tertiary/aromatic N) is 2. The standard InChI is InChI=1S/C16H20Cl2N4S.HI/c1-3-19-16(22-10-15-21-9-11(2)23-15)20-5-4-12-6-13(17)8-14(18)7-12;/h6-9H,3-5,10H2,1-2H3,(H2,19,20,22);1H. The Kier molecular flexibility index (Phi) is 9.95. The fraction of sp³-hybridized carbons (Fsp3) is 0.375. The molecule has 1 aromatic heterocycles. The van der Waals surface area contributed by atoms with Crippen molar-refractivity contribution in [1.29, 1.82) is 0 Å². The van der Waals surface area contributed by atoms with Crippen LogP contribution in [0, 0.1) is 6.92 Å². The number of aliphatic imine (C=N–C) groups is 1. The van der Waals surface area contributed by atoms with E-state index in [4.69, 9.17) is 23.2 Å². The molecule has 0 saturated heterocycles. The third-order valence-corrected chi connectivity index (χ3v) is 4.35. The molecular weight excluding hydrogens is 478 g/mol. The maximum atomic E-state index is 6.01. The highest BCUT2D eigenvalue weighted by Gasteiger charge is 2.02. The number of aryl methyl sites for hydroxylation is 1. The highest BCUT2D eigenvalue weighted by atomic mass is 127. The topological polar surface area (TPSA) is 49.3 Å². The molecule has 0 aliphatic heterocycles. The Bertz CT molecular complexity index is 656. The number of hydrogen-bond acceptors (Lipinski definition) is 3. The van der Waals surface area contributed by atoms with Gasteiger partial charge in [-0.15, -0.1) is 35.3 Å². The van der Waals surface area contributed by atoms with Crippen LogP contribution in [0.1, 0.15) is 22.4 Å². The zero-order chi connectivity index (χ0) is 16.7. The van der Waals surface area contributed by atoms with Gasteiger partial charge in [0.1, 0.15) is 5.01 Å². The molecule has 0 radical (unpaired) electrons. The average Bonchev–Trinajstić information content (AvgIpc) is 2.89. The summed E-state index contributed by atoms with van der Waals surface area (Å²) in [5.74, 6) is 0.786. The molecule has 0 aliphatic carbocycles. The molecule has 2 rings (SSSR count). The first-order chi connectivity index (χ1) is 11.1. The summed E-state index contributed by atoms with van der Waals surface area (Å²) in [6, 6.07) is 5.59. The van der Waals surface area contributed by atoms with Crippen molar-refractivity contribution in [3.05, 3.63) is 49.9 Å². The second kappa shape index (κ2) is 11.1. The van der Waals surface area contributed by atoms with E-state index in [2.05, 4.69) is 20.6 Å². The van der Waals surface area contributed by atoms with Gasteiger partial charge in [0.25, 0.3) is 0 Å². The van der Waals surface area contributed by atoms with Crippen molar-refractivity contribution >= 4 is 64.5 Å². The first kappa shape index (κ1) is 21.5. The molecular formula is C16H21Cl2IN4S. The van der Waals surface area contributed by atoms with Gasteiger partial charge in [0.2, 0.25) is 0 Å². The molecule has 8 heteroatoms. The van der Waals surface area contributed by atoms with Crippen LogP contribution in [0.3, 0.4) is 0 Å². The summed E-state index contributed by atoms with van der Waals surface area (Å²) in [6.07, 6.45) is 2.69. The van der Waals surface area contributed by atoms with Crippen molar-refractivity contribution in [1.82, 2.24) is 15.6 Å². The number of nitrogens with one attached hydrogen (secondary N) is 2. The summed E-state index contributed by atoms with van der Waals surface area (Å²) in [4.78, 5) is 10.1. The lowest BCUT2D eigenvalue weighted by Gasteiger charge is -2.11. The highest BCUT2D eigenvalue weighted by molar-refractivity contribution is 14.0. The summed E-state index contributed by atoms with van der Waals surface area (Å²) < 4.78 is 0. The monoisotopic (exact) mass is 498 g/mol. The molecule has 132 valence electrons. The summed E-state index contributed by atoms with van der Waals surface area (Å²) >= 11 is 13.7. The van der Waals surface area contributed by atoms with E-state index in [1.54, 1.807) is 17.4 Å². The second-order valence-electron chi connectivity index (χ2n) is 5.01. The molecule has 0 aliphatic rings. The van der Waals surface area contributed by atoms with E-state index in [1.165, 1.54) is 4.88 Å². The number of thiazole rings is 1. The minimum Gasteiger partial charge on any atom is -0.357 e. The number of halogens is 3. The number of benzene rings is 1. The molecule has 0 saturated carbocycles. The van der Waals surface area contributed by atoms with Crippen LogP contribution in [0.5, 0.6) is 0 Å². The van der Waals surface area contributed by atoms with Crippen molar-refractivity contribution in [2.45, 2.75) is 26.8 Å². The van der Waals surface area contributed by atoms with Crippen molar-refractivity contribution in [2.75, 3.05) is 13.1 Å². The first-order valence-electron chi connectivity index (χ1n) is 7.45. The van der Waals surface area contributed by atoms with Gasteiger partial charge in [0, 0.05) is 34.2 Å². The predicted molar refractivity (Wildman–Crippen MR) is 115 cm³/mol. The van der Waals surface area contributed by atoms with Gasteiger partial charge in [-0.05, 0) is 44.0 Å². The van der Waals surface area contributed by atoms with Crippen molar-refractivity contribution in [3.8, 4) is 0 Å². The van der Waals surface area contributed by atoms with E-state index in [9.17, 15) is 0 Å². The van der Waals surface area contributed by atoms with E-state index in [-0.39, 0.29) is 24.0 Å². The van der Waals surface area contributed by atoms with E-state index in [0.29, 0.717) is 16.6 Å². The molecule has 24 heavy (non-hydrogen) atoms. The number of aromatic nitrogens is 1. The molecule has 0 bridgehead atoms.